The summed E-state index contributed by atoms with van der Waals surface area (Å²) < 4.78 is 11.4. The molecule has 1 aliphatic carbocycles. The Morgan fingerprint density at radius 1 is 0.978 bits per heavy atom. The molecule has 11 nitrogen and oxygen atoms in total. The molecule has 3 rings (SSSR count). The van der Waals surface area contributed by atoms with Gasteiger partial charge in [0.2, 0.25) is 17.7 Å². The predicted molar refractivity (Wildman–Crippen MR) is 170 cm³/mol. The second kappa shape index (κ2) is 16.5. The summed E-state index contributed by atoms with van der Waals surface area (Å²) in [5, 5.41) is 11.2. The highest BCUT2D eigenvalue weighted by atomic mass is 16.6. The zero-order chi connectivity index (χ0) is 33.1. The van der Waals surface area contributed by atoms with E-state index in [9.17, 15) is 24.0 Å². The number of carbonyl (C=O) groups is 5. The Morgan fingerprint density at radius 3 is 2.24 bits per heavy atom. The number of amides is 4. The molecule has 2 fully saturated rings. The number of alkyl carbamates (subject to hydrolysis) is 1. The van der Waals surface area contributed by atoms with Crippen LogP contribution in [0.5, 0.6) is 0 Å². The van der Waals surface area contributed by atoms with Crippen LogP contribution in [-0.4, -0.2) is 66.0 Å². The first-order chi connectivity index (χ1) is 21.2. The van der Waals surface area contributed by atoms with Crippen molar-refractivity contribution < 1.29 is 33.4 Å². The van der Waals surface area contributed by atoms with Crippen LogP contribution in [0.1, 0.15) is 79.2 Å². The molecule has 0 radical (unpaired) electrons. The molecule has 4 amide bonds. The number of rotatable bonds is 16. The third-order valence-corrected chi connectivity index (χ3v) is 7.62. The SMILES string of the molecule is CC(C)C[C@H](NC(=O)[C@@H](NC(=O)OCc1ccccc1)[C@@H](C)OC(C)(C)C)C(=O)N[C@@H](/C=C/C(=O)C1CC1)C[C@@H]1CCNC1=O. The van der Waals surface area contributed by atoms with Gasteiger partial charge in [0.1, 0.15) is 18.7 Å². The van der Waals surface area contributed by atoms with E-state index in [1.807, 2.05) is 65.0 Å². The summed E-state index contributed by atoms with van der Waals surface area (Å²) in [7, 11) is 0. The summed E-state index contributed by atoms with van der Waals surface area (Å²) in [5.41, 5.74) is 0.172. The molecule has 1 aliphatic heterocycles. The lowest BCUT2D eigenvalue weighted by Crippen LogP contribution is -2.59. The van der Waals surface area contributed by atoms with Crippen LogP contribution in [-0.2, 0) is 35.3 Å². The first-order valence-corrected chi connectivity index (χ1v) is 16.0. The molecular weight excluding hydrogens is 576 g/mol. The molecule has 1 heterocycles. The predicted octanol–water partition coefficient (Wildman–Crippen LogP) is 3.56. The third-order valence-electron chi connectivity index (χ3n) is 7.62. The molecule has 0 unspecified atom stereocenters. The van der Waals surface area contributed by atoms with E-state index in [2.05, 4.69) is 21.3 Å². The lowest BCUT2D eigenvalue weighted by Gasteiger charge is -2.32. The maximum Gasteiger partial charge on any atom is 0.408 e. The monoisotopic (exact) mass is 626 g/mol. The molecule has 1 aromatic rings. The molecule has 4 N–H and O–H groups in total. The standard InChI is InChI=1S/C34H50N4O7/c1-21(2)18-27(31(41)36-26(14-15-28(39)24-12-13-24)19-25-16-17-35-30(25)40)37-32(42)29(22(3)45-34(4,5)6)38-33(43)44-20-23-10-8-7-9-11-23/h7-11,14-15,21-22,24-27,29H,12-13,16-20H2,1-6H3,(H,35,40)(H,36,41)(H,37,42)(H,38,43)/b15-14+/t22-,25+,26+,27+,29+/m1/s1. The van der Waals surface area contributed by atoms with Crippen LogP contribution in [0.15, 0.2) is 42.5 Å². The summed E-state index contributed by atoms with van der Waals surface area (Å²) in [5.74, 6) is -1.34. The number of hydrogen-bond donors (Lipinski definition) is 4. The number of hydrogen-bond acceptors (Lipinski definition) is 7. The molecule has 1 saturated heterocycles. The first-order valence-electron chi connectivity index (χ1n) is 16.0. The Kier molecular flexibility index (Phi) is 13.1. The molecule has 1 saturated carbocycles. The van der Waals surface area contributed by atoms with Gasteiger partial charge in [-0.05, 0) is 77.4 Å². The molecule has 5 atom stereocenters. The molecule has 0 bridgehead atoms. The molecule has 0 aromatic heterocycles. The van der Waals surface area contributed by atoms with Crippen LogP contribution >= 0.6 is 0 Å². The van der Waals surface area contributed by atoms with Gasteiger partial charge in [0.15, 0.2) is 5.78 Å². The van der Waals surface area contributed by atoms with Crippen molar-refractivity contribution in [2.24, 2.45) is 17.8 Å². The van der Waals surface area contributed by atoms with Gasteiger partial charge in [-0.1, -0.05) is 50.3 Å². The van der Waals surface area contributed by atoms with Crippen LogP contribution < -0.4 is 21.3 Å². The van der Waals surface area contributed by atoms with Gasteiger partial charge in [-0.2, -0.15) is 0 Å². The van der Waals surface area contributed by atoms with Gasteiger partial charge in [0, 0.05) is 24.4 Å². The second-order valence-corrected chi connectivity index (χ2v) is 13.5. The number of ketones is 1. The van der Waals surface area contributed by atoms with Crippen molar-refractivity contribution in [2.45, 2.75) is 110 Å². The highest BCUT2D eigenvalue weighted by Crippen LogP contribution is 2.30. The Morgan fingerprint density at radius 2 is 1.67 bits per heavy atom. The topological polar surface area (TPSA) is 152 Å². The van der Waals surface area contributed by atoms with Crippen molar-refractivity contribution in [3.63, 3.8) is 0 Å². The Balaban J connectivity index is 1.74. The van der Waals surface area contributed by atoms with Crippen LogP contribution in [0.3, 0.4) is 0 Å². The van der Waals surface area contributed by atoms with Gasteiger partial charge in [0.05, 0.1) is 11.7 Å². The van der Waals surface area contributed by atoms with Crippen LogP contribution in [0.25, 0.3) is 0 Å². The van der Waals surface area contributed by atoms with Crippen LogP contribution in [0.2, 0.25) is 0 Å². The van der Waals surface area contributed by atoms with Crippen molar-refractivity contribution in [3.8, 4) is 0 Å². The Hall–Kier alpha value is -3.73. The van der Waals surface area contributed by atoms with Crippen molar-refractivity contribution >= 4 is 29.6 Å². The highest BCUT2D eigenvalue weighted by molar-refractivity contribution is 5.94. The fraction of sp³-hybridized carbons (Fsp3) is 0.618. The lowest BCUT2D eigenvalue weighted by atomic mass is 9.96. The first kappa shape index (κ1) is 35.7. The summed E-state index contributed by atoms with van der Waals surface area (Å²) in [4.78, 5) is 64.9. The zero-order valence-corrected chi connectivity index (χ0v) is 27.4. The van der Waals surface area contributed by atoms with Crippen molar-refractivity contribution in [1.82, 2.24) is 21.3 Å². The molecular formula is C34H50N4O7. The normalized spacial score (nSPS) is 19.4. The van der Waals surface area contributed by atoms with Crippen molar-refractivity contribution in [1.29, 1.82) is 0 Å². The summed E-state index contributed by atoms with van der Waals surface area (Å²) >= 11 is 0. The van der Waals surface area contributed by atoms with Crippen molar-refractivity contribution in [2.75, 3.05) is 6.54 Å². The van der Waals surface area contributed by atoms with Gasteiger partial charge in [0.25, 0.3) is 0 Å². The quantitative estimate of drug-likeness (QED) is 0.205. The molecule has 0 spiro atoms. The fourth-order valence-electron chi connectivity index (χ4n) is 5.24. The van der Waals surface area contributed by atoms with Crippen LogP contribution in [0.4, 0.5) is 4.79 Å². The minimum atomic E-state index is -1.16. The average molecular weight is 627 g/mol. The molecule has 11 heteroatoms. The van der Waals surface area contributed by atoms with Gasteiger partial charge in [-0.15, -0.1) is 0 Å². The third kappa shape index (κ3) is 12.7. The summed E-state index contributed by atoms with van der Waals surface area (Å²) in [6.07, 6.45) is 4.61. The summed E-state index contributed by atoms with van der Waals surface area (Å²) in [6, 6.07) is 6.48. The van der Waals surface area contributed by atoms with E-state index in [0.717, 1.165) is 18.4 Å². The fourth-order valence-corrected chi connectivity index (χ4v) is 5.24. The number of carbonyl (C=O) groups excluding carboxylic acids is 5. The number of allylic oxidation sites excluding steroid dienone is 1. The molecule has 248 valence electrons. The minimum Gasteiger partial charge on any atom is -0.445 e. The Labute approximate surface area is 266 Å². The van der Waals surface area contributed by atoms with Crippen LogP contribution in [0, 0.1) is 17.8 Å². The number of nitrogens with one attached hydrogen (secondary N) is 4. The lowest BCUT2D eigenvalue weighted by molar-refractivity contribution is -0.135. The smallest absolute Gasteiger partial charge is 0.408 e. The van der Waals surface area contributed by atoms with Gasteiger partial charge >= 0.3 is 6.09 Å². The minimum absolute atomic E-state index is 0.0121. The summed E-state index contributed by atoms with van der Waals surface area (Å²) in [6.45, 7) is 11.7. The van der Waals surface area contributed by atoms with E-state index >= 15 is 0 Å². The largest absolute Gasteiger partial charge is 0.445 e. The average Bonchev–Trinajstić information content (AvgIpc) is 3.74. The maximum absolute atomic E-state index is 13.7. The van der Waals surface area contributed by atoms with E-state index in [1.165, 1.54) is 6.08 Å². The van der Waals surface area contributed by atoms with E-state index in [0.29, 0.717) is 25.8 Å². The van der Waals surface area contributed by atoms with Gasteiger partial charge in [-0.3, -0.25) is 19.2 Å². The molecule has 45 heavy (non-hydrogen) atoms. The number of benzene rings is 1. The highest BCUT2D eigenvalue weighted by Gasteiger charge is 2.35. The molecule has 1 aromatic carbocycles. The van der Waals surface area contributed by atoms with E-state index in [-0.39, 0.29) is 36.1 Å². The molecule has 2 aliphatic rings. The van der Waals surface area contributed by atoms with Crippen molar-refractivity contribution in [3.05, 3.63) is 48.0 Å². The Bertz CT molecular complexity index is 1210. The second-order valence-electron chi connectivity index (χ2n) is 13.5. The van der Waals surface area contributed by atoms with Gasteiger partial charge in [-0.25, -0.2) is 4.79 Å². The van der Waals surface area contributed by atoms with E-state index in [4.69, 9.17) is 9.47 Å². The number of ether oxygens (including phenoxy) is 2. The van der Waals surface area contributed by atoms with E-state index in [1.54, 1.807) is 13.0 Å². The maximum atomic E-state index is 13.7. The van der Waals surface area contributed by atoms with Gasteiger partial charge < -0.3 is 30.7 Å². The van der Waals surface area contributed by atoms with E-state index < -0.39 is 47.7 Å². The zero-order valence-electron chi connectivity index (χ0n) is 27.4.